The third kappa shape index (κ3) is 5.76. The lowest BCUT2D eigenvalue weighted by Gasteiger charge is -2.35. The Kier molecular flexibility index (Phi) is 6.76. The molecule has 6 nitrogen and oxygen atoms in total. The molecule has 27 heavy (non-hydrogen) atoms. The van der Waals surface area contributed by atoms with E-state index in [-0.39, 0.29) is 5.91 Å². The van der Waals surface area contributed by atoms with Gasteiger partial charge in [0.05, 0.1) is 0 Å². The smallest absolute Gasteiger partial charge is 0.270 e. The number of carbonyl (C=O) groups excluding carboxylic acids is 1. The Morgan fingerprint density at radius 3 is 2.56 bits per heavy atom. The molecule has 0 radical (unpaired) electrons. The number of nitrogens with zero attached hydrogens (tertiary/aromatic N) is 4. The minimum absolute atomic E-state index is 0.123. The van der Waals surface area contributed by atoms with Crippen LogP contribution in [0.2, 0.25) is 0 Å². The number of carbonyl (C=O) groups is 1. The molecule has 0 unspecified atom stereocenters. The van der Waals surface area contributed by atoms with E-state index in [0.717, 1.165) is 45.0 Å². The van der Waals surface area contributed by atoms with Gasteiger partial charge in [0.1, 0.15) is 17.8 Å². The molecule has 2 aromatic rings. The lowest BCUT2D eigenvalue weighted by molar-refractivity contribution is 0.0947. The van der Waals surface area contributed by atoms with Crippen LogP contribution in [-0.2, 0) is 6.54 Å². The van der Waals surface area contributed by atoms with E-state index in [2.05, 4.69) is 63.2 Å². The number of rotatable bonds is 7. The largest absolute Gasteiger partial charge is 0.354 e. The summed E-state index contributed by atoms with van der Waals surface area (Å²) in [5.74, 6) is 1.28. The van der Waals surface area contributed by atoms with Crippen molar-refractivity contribution < 1.29 is 4.79 Å². The first-order valence-electron chi connectivity index (χ1n) is 9.73. The molecule has 0 saturated carbocycles. The van der Waals surface area contributed by atoms with Crippen molar-refractivity contribution in [3.63, 3.8) is 0 Å². The second-order valence-corrected chi connectivity index (χ2v) is 7.45. The first kappa shape index (κ1) is 19.3. The molecular weight excluding hydrogens is 338 g/mol. The molecule has 1 amide bonds. The molecule has 1 fully saturated rings. The van der Waals surface area contributed by atoms with Gasteiger partial charge in [-0.2, -0.15) is 0 Å². The van der Waals surface area contributed by atoms with Gasteiger partial charge in [-0.25, -0.2) is 9.97 Å². The van der Waals surface area contributed by atoms with Crippen molar-refractivity contribution in [2.75, 3.05) is 37.6 Å². The molecule has 1 aromatic carbocycles. The molecular formula is C21H29N5O. The topological polar surface area (TPSA) is 61.4 Å². The highest BCUT2D eigenvalue weighted by Crippen LogP contribution is 2.15. The Hall–Kier alpha value is -2.47. The maximum atomic E-state index is 12.3. The average molecular weight is 367 g/mol. The number of hydrogen-bond acceptors (Lipinski definition) is 5. The second-order valence-electron chi connectivity index (χ2n) is 7.45. The van der Waals surface area contributed by atoms with Gasteiger partial charge < -0.3 is 10.2 Å². The van der Waals surface area contributed by atoms with E-state index in [0.29, 0.717) is 18.2 Å². The highest BCUT2D eigenvalue weighted by atomic mass is 16.1. The Morgan fingerprint density at radius 2 is 1.85 bits per heavy atom. The van der Waals surface area contributed by atoms with Gasteiger partial charge in [-0.1, -0.05) is 44.2 Å². The molecule has 1 saturated heterocycles. The molecule has 1 aliphatic rings. The van der Waals surface area contributed by atoms with Crippen molar-refractivity contribution in [1.82, 2.24) is 20.2 Å². The van der Waals surface area contributed by atoms with Crippen molar-refractivity contribution >= 4 is 11.7 Å². The molecule has 1 aliphatic heterocycles. The second kappa shape index (κ2) is 9.46. The van der Waals surface area contributed by atoms with Crippen molar-refractivity contribution in [2.24, 2.45) is 5.92 Å². The highest BCUT2D eigenvalue weighted by molar-refractivity contribution is 5.92. The van der Waals surface area contributed by atoms with E-state index in [1.54, 1.807) is 6.07 Å². The Morgan fingerprint density at radius 1 is 1.11 bits per heavy atom. The predicted molar refractivity (Wildman–Crippen MR) is 108 cm³/mol. The first-order valence-corrected chi connectivity index (χ1v) is 9.73. The van der Waals surface area contributed by atoms with Gasteiger partial charge in [-0.15, -0.1) is 0 Å². The fraction of sp³-hybridized carbons (Fsp3) is 0.476. The average Bonchev–Trinajstić information content (AvgIpc) is 2.69. The lowest BCUT2D eigenvalue weighted by atomic mass is 10.1. The van der Waals surface area contributed by atoms with E-state index >= 15 is 0 Å². The van der Waals surface area contributed by atoms with Gasteiger partial charge in [0.2, 0.25) is 0 Å². The fourth-order valence-corrected chi connectivity index (χ4v) is 3.19. The summed E-state index contributed by atoms with van der Waals surface area (Å²) in [7, 11) is 0. The third-order valence-electron chi connectivity index (χ3n) is 4.84. The van der Waals surface area contributed by atoms with Crippen LogP contribution in [0.25, 0.3) is 0 Å². The van der Waals surface area contributed by atoms with E-state index in [1.165, 1.54) is 11.9 Å². The molecule has 0 aliphatic carbocycles. The summed E-state index contributed by atoms with van der Waals surface area (Å²) in [6.07, 6.45) is 2.45. The molecule has 6 heteroatoms. The van der Waals surface area contributed by atoms with Crippen molar-refractivity contribution in [3.05, 3.63) is 54.0 Å². The normalized spacial score (nSPS) is 15.1. The summed E-state index contributed by atoms with van der Waals surface area (Å²) >= 11 is 0. The zero-order valence-electron chi connectivity index (χ0n) is 16.3. The van der Waals surface area contributed by atoms with Gasteiger partial charge in [0.25, 0.3) is 5.91 Å². The number of nitrogens with one attached hydrogen (secondary N) is 1. The highest BCUT2D eigenvalue weighted by Gasteiger charge is 2.19. The van der Waals surface area contributed by atoms with Crippen LogP contribution in [0.4, 0.5) is 5.82 Å². The van der Waals surface area contributed by atoms with Crippen LogP contribution in [0.5, 0.6) is 0 Å². The van der Waals surface area contributed by atoms with Crippen LogP contribution in [0, 0.1) is 5.92 Å². The number of amides is 1. The standard InChI is InChI=1S/C21H29N5O/c1-17(2)8-9-22-21(27)19-14-20(24-16-23-19)26-12-10-25(11-13-26)15-18-6-4-3-5-7-18/h3-7,14,16-17H,8-13,15H2,1-2H3,(H,22,27). The lowest BCUT2D eigenvalue weighted by Crippen LogP contribution is -2.46. The Labute approximate surface area is 161 Å². The summed E-state index contributed by atoms with van der Waals surface area (Å²) in [5.41, 5.74) is 1.78. The molecule has 0 bridgehead atoms. The molecule has 0 spiro atoms. The summed E-state index contributed by atoms with van der Waals surface area (Å²) in [6, 6.07) is 12.4. The molecule has 1 aromatic heterocycles. The molecule has 144 valence electrons. The monoisotopic (exact) mass is 367 g/mol. The quantitative estimate of drug-likeness (QED) is 0.815. The molecule has 3 rings (SSSR count). The first-order chi connectivity index (χ1) is 13.1. The summed E-state index contributed by atoms with van der Waals surface area (Å²) in [4.78, 5) is 25.5. The van der Waals surface area contributed by atoms with Crippen molar-refractivity contribution in [2.45, 2.75) is 26.8 Å². The third-order valence-corrected chi connectivity index (χ3v) is 4.84. The molecule has 0 atom stereocenters. The minimum atomic E-state index is -0.123. The van der Waals surface area contributed by atoms with E-state index < -0.39 is 0 Å². The summed E-state index contributed by atoms with van der Waals surface area (Å²) in [6.45, 7) is 9.70. The molecule has 1 N–H and O–H groups in total. The predicted octanol–water partition coefficient (Wildman–Crippen LogP) is 2.57. The van der Waals surface area contributed by atoms with Crippen LogP contribution in [0.3, 0.4) is 0 Å². The number of anilines is 1. The van der Waals surface area contributed by atoms with Gasteiger partial charge in [-0.05, 0) is 17.9 Å². The van der Waals surface area contributed by atoms with Crippen LogP contribution in [-0.4, -0.2) is 53.5 Å². The number of piperazine rings is 1. The fourth-order valence-electron chi connectivity index (χ4n) is 3.19. The molecule has 2 heterocycles. The maximum Gasteiger partial charge on any atom is 0.270 e. The van der Waals surface area contributed by atoms with Crippen LogP contribution >= 0.6 is 0 Å². The van der Waals surface area contributed by atoms with Crippen LogP contribution in [0.15, 0.2) is 42.7 Å². The minimum Gasteiger partial charge on any atom is -0.354 e. The Bertz CT molecular complexity index is 726. The Balaban J connectivity index is 1.53. The van der Waals surface area contributed by atoms with E-state index in [4.69, 9.17) is 0 Å². The van der Waals surface area contributed by atoms with Crippen LogP contribution < -0.4 is 10.2 Å². The SMILES string of the molecule is CC(C)CCNC(=O)c1cc(N2CCN(Cc3ccccc3)CC2)ncn1. The number of aromatic nitrogens is 2. The van der Waals surface area contributed by atoms with Gasteiger partial charge in [0.15, 0.2) is 0 Å². The van der Waals surface area contributed by atoms with E-state index in [1.807, 2.05) is 6.07 Å². The van der Waals surface area contributed by atoms with Crippen LogP contribution in [0.1, 0.15) is 36.3 Å². The summed E-state index contributed by atoms with van der Waals surface area (Å²) in [5, 5.41) is 2.94. The maximum absolute atomic E-state index is 12.3. The van der Waals surface area contributed by atoms with Crippen molar-refractivity contribution in [1.29, 1.82) is 0 Å². The summed E-state index contributed by atoms with van der Waals surface area (Å²) < 4.78 is 0. The van der Waals surface area contributed by atoms with Gasteiger partial charge in [0, 0.05) is 45.3 Å². The zero-order chi connectivity index (χ0) is 19.1. The zero-order valence-corrected chi connectivity index (χ0v) is 16.3. The van der Waals surface area contributed by atoms with Crippen molar-refractivity contribution in [3.8, 4) is 0 Å². The van der Waals surface area contributed by atoms with Gasteiger partial charge >= 0.3 is 0 Å². The van der Waals surface area contributed by atoms with E-state index in [9.17, 15) is 4.79 Å². The van der Waals surface area contributed by atoms with Gasteiger partial charge in [-0.3, -0.25) is 9.69 Å². The number of hydrogen-bond donors (Lipinski definition) is 1. The number of benzene rings is 1.